The first kappa shape index (κ1) is 27.1. The average molecular weight is 550 g/mol. The van der Waals surface area contributed by atoms with Gasteiger partial charge >= 0.3 is 5.76 Å². The number of nitrogens with one attached hydrogen (secondary N) is 1. The van der Waals surface area contributed by atoms with Crippen LogP contribution >= 0.6 is 0 Å². The van der Waals surface area contributed by atoms with Gasteiger partial charge in [0.05, 0.1) is 21.7 Å². The van der Waals surface area contributed by atoms with E-state index in [2.05, 4.69) is 4.72 Å². The second kappa shape index (κ2) is 9.34. The summed E-state index contributed by atoms with van der Waals surface area (Å²) in [5.74, 6) is -6.95. The fraction of sp³-hybridized carbons (Fsp3) is 0.458. The Balaban J connectivity index is 1.51. The summed E-state index contributed by atoms with van der Waals surface area (Å²) in [6, 6.07) is 4.47. The summed E-state index contributed by atoms with van der Waals surface area (Å²) in [5.41, 5.74) is -1.01. The van der Waals surface area contributed by atoms with Gasteiger partial charge in [-0.15, -0.1) is 0 Å². The lowest BCUT2D eigenvalue weighted by atomic mass is 9.58. The minimum absolute atomic E-state index is 0.00422. The third-order valence-corrected chi connectivity index (χ3v) is 8.51. The number of benzene rings is 2. The molecule has 0 unspecified atom stereocenters. The average Bonchev–Trinajstić information content (AvgIpc) is 3.52. The van der Waals surface area contributed by atoms with Crippen LogP contribution in [0.25, 0.3) is 11.1 Å². The van der Waals surface area contributed by atoms with Crippen LogP contribution < -0.4 is 4.72 Å². The Morgan fingerprint density at radius 1 is 1.13 bits per heavy atom. The van der Waals surface area contributed by atoms with Crippen molar-refractivity contribution in [2.24, 2.45) is 5.41 Å². The highest BCUT2D eigenvalue weighted by molar-refractivity contribution is 7.89. The van der Waals surface area contributed by atoms with E-state index in [4.69, 9.17) is 20.4 Å². The molecule has 1 spiro atoms. The largest absolute Gasteiger partial charge is 0.381 e. The molecule has 2 heterocycles. The number of sulfonamides is 1. The molecule has 1 amide bonds. The highest BCUT2D eigenvalue weighted by Crippen LogP contribution is 2.56. The second-order valence-corrected chi connectivity index (χ2v) is 11.9. The molecule has 2 saturated heterocycles. The lowest BCUT2D eigenvalue weighted by Gasteiger charge is -2.45. The number of halogens is 5. The van der Waals surface area contributed by atoms with Crippen LogP contribution in [0.4, 0.5) is 22.0 Å². The molecule has 1 saturated carbocycles. The van der Waals surface area contributed by atoms with Crippen LogP contribution in [-0.2, 0) is 26.0 Å². The van der Waals surface area contributed by atoms with E-state index in [1.165, 1.54) is 23.1 Å². The molecule has 0 bridgehead atoms. The molecular weight excluding hydrogens is 529 g/mol. The van der Waals surface area contributed by atoms with Crippen LogP contribution in [0.15, 0.2) is 36.4 Å². The predicted molar refractivity (Wildman–Crippen MR) is 128 cm³/mol. The molecule has 3 fully saturated rings. The van der Waals surface area contributed by atoms with Crippen molar-refractivity contribution < 1.29 is 39.9 Å². The first-order valence-electron chi connectivity index (χ1n) is 11.8. The van der Waals surface area contributed by atoms with Gasteiger partial charge in [-0.05, 0) is 54.3 Å². The maximum Gasteiger partial charge on any atom is 0.350 e. The lowest BCUT2D eigenvalue weighted by molar-refractivity contribution is -0.168. The molecule has 2 aromatic carbocycles. The smallest absolute Gasteiger partial charge is 0.350 e. The number of likely N-dealkylation sites (tertiary alicyclic amines) is 1. The predicted octanol–water partition coefficient (Wildman–Crippen LogP) is 2.59. The van der Waals surface area contributed by atoms with Crippen molar-refractivity contribution in [2.45, 2.75) is 55.0 Å². The number of carbonyl (C=O) groups excluding carboxylic acids is 1. The van der Waals surface area contributed by atoms with Gasteiger partial charge in [0.1, 0.15) is 23.6 Å². The summed E-state index contributed by atoms with van der Waals surface area (Å²) in [4.78, 5) is 14.6. The summed E-state index contributed by atoms with van der Waals surface area (Å²) < 4.78 is 101. The molecule has 198 valence electrons. The van der Waals surface area contributed by atoms with E-state index in [0.717, 1.165) is 12.1 Å². The summed E-state index contributed by atoms with van der Waals surface area (Å²) in [6.45, 7) is 0.0331. The Hall–Kier alpha value is -2.44. The second-order valence-electron chi connectivity index (χ2n) is 10.2. The van der Waals surface area contributed by atoms with E-state index in [-0.39, 0.29) is 36.1 Å². The van der Waals surface area contributed by atoms with Crippen LogP contribution in [-0.4, -0.2) is 70.8 Å². The maximum atomic E-state index is 15.7. The van der Waals surface area contributed by atoms with Gasteiger partial charge in [0.2, 0.25) is 0 Å². The zero-order chi connectivity index (χ0) is 27.6. The maximum absolute atomic E-state index is 15.7. The van der Waals surface area contributed by atoms with Crippen molar-refractivity contribution in [1.82, 2.24) is 9.62 Å². The number of hydrogen-bond donors (Lipinski definition) is 1. The van der Waals surface area contributed by atoms with Crippen molar-refractivity contribution in [3.8, 4) is 11.1 Å². The molecule has 6 nitrogen and oxygen atoms in total. The third kappa shape index (κ3) is 4.98. The Bertz CT molecular complexity index is 1360. The first-order valence-corrected chi connectivity index (χ1v) is 13.4. The van der Waals surface area contributed by atoms with Gasteiger partial charge in [0.15, 0.2) is 0 Å². The van der Waals surface area contributed by atoms with E-state index in [1.807, 2.05) is 0 Å². The Kier molecular flexibility index (Phi) is 6.67. The molecule has 3 atom stereocenters. The van der Waals surface area contributed by atoms with Gasteiger partial charge in [0.25, 0.3) is 15.9 Å². The van der Waals surface area contributed by atoms with Crippen molar-refractivity contribution >= 4 is 31.6 Å². The topological polar surface area (TPSA) is 75.7 Å². The normalized spacial score (nSPS) is 25.5. The summed E-state index contributed by atoms with van der Waals surface area (Å²) in [5, 5.41) is -1.51. The molecule has 3 aliphatic rings. The Morgan fingerprint density at radius 3 is 2.32 bits per heavy atom. The molecule has 0 aromatic heterocycles. The van der Waals surface area contributed by atoms with Crippen molar-refractivity contribution in [3.63, 3.8) is 0 Å². The van der Waals surface area contributed by atoms with E-state index < -0.39 is 68.1 Å². The monoisotopic (exact) mass is 550 g/mol. The van der Waals surface area contributed by atoms with Crippen LogP contribution in [0.2, 0.25) is 0 Å². The fourth-order valence-electron chi connectivity index (χ4n) is 5.44. The number of alkyl halides is 2. The fourth-order valence-corrected chi connectivity index (χ4v) is 6.30. The van der Waals surface area contributed by atoms with Gasteiger partial charge < -0.3 is 9.64 Å². The summed E-state index contributed by atoms with van der Waals surface area (Å²) in [7, 11) is 6.21. The molecule has 1 aliphatic carbocycles. The standard InChI is InChI=1S/C24H21B2F5N2O4S/c25-24(26)10-18(37-24)21(34)33-11-23(4-5-23)20(32-38(35,36)22(30)31)17(33)8-12-2-1-3-16(19(12)29)13-6-14(27)9-15(28)7-13/h1-3,6-7,9,17-18,20,22,32H,4-5,8,10-11H2/t17-,18+,20+/m0/s1. The van der Waals surface area contributed by atoms with Crippen LogP contribution in [0.1, 0.15) is 24.8 Å². The SMILES string of the molecule is [B]C1([B])C[C@H](C(=O)N2CC3(CC3)[C@H](NS(=O)(=O)C(F)F)[C@@H]2Cc2cccc(-c3cc(F)cc(F)c3)c2F)O1. The highest BCUT2D eigenvalue weighted by atomic mass is 32.2. The molecule has 2 aromatic rings. The summed E-state index contributed by atoms with van der Waals surface area (Å²) in [6.07, 6.45) is -0.411. The van der Waals surface area contributed by atoms with Gasteiger partial charge in [0, 0.05) is 29.6 Å². The first-order chi connectivity index (χ1) is 17.7. The van der Waals surface area contributed by atoms with Crippen LogP contribution in [0.5, 0.6) is 0 Å². The molecule has 38 heavy (non-hydrogen) atoms. The summed E-state index contributed by atoms with van der Waals surface area (Å²) >= 11 is 0. The van der Waals surface area contributed by atoms with Crippen LogP contribution in [0, 0.1) is 22.9 Å². The zero-order valence-electron chi connectivity index (χ0n) is 19.8. The van der Waals surface area contributed by atoms with Crippen molar-refractivity contribution in [2.75, 3.05) is 6.54 Å². The number of rotatable bonds is 7. The van der Waals surface area contributed by atoms with E-state index in [1.54, 1.807) is 0 Å². The number of amides is 1. The third-order valence-electron chi connectivity index (χ3n) is 7.45. The van der Waals surface area contributed by atoms with E-state index >= 15 is 4.39 Å². The van der Waals surface area contributed by atoms with E-state index in [0.29, 0.717) is 18.9 Å². The van der Waals surface area contributed by atoms with Crippen molar-refractivity contribution in [3.05, 3.63) is 59.4 Å². The van der Waals surface area contributed by atoms with Crippen molar-refractivity contribution in [1.29, 1.82) is 0 Å². The Morgan fingerprint density at radius 2 is 1.76 bits per heavy atom. The molecule has 1 N–H and O–H groups in total. The molecular formula is C24H21B2F5N2O4S. The van der Waals surface area contributed by atoms with Crippen LogP contribution in [0.3, 0.4) is 0 Å². The lowest BCUT2D eigenvalue weighted by Crippen LogP contribution is -2.60. The number of carbonyl (C=O) groups is 1. The number of hydrogen-bond acceptors (Lipinski definition) is 4. The van der Waals surface area contributed by atoms with Gasteiger partial charge in [-0.1, -0.05) is 18.2 Å². The minimum atomic E-state index is -5.06. The molecule has 2 aliphatic heterocycles. The molecule has 14 heteroatoms. The number of nitrogens with zero attached hydrogens (tertiary/aromatic N) is 1. The zero-order valence-corrected chi connectivity index (χ0v) is 20.7. The quantitative estimate of drug-likeness (QED) is 0.425. The van der Waals surface area contributed by atoms with E-state index in [9.17, 15) is 30.8 Å². The number of ether oxygens (including phenoxy) is 1. The Labute approximate surface area is 218 Å². The molecule has 4 radical (unpaired) electrons. The van der Waals surface area contributed by atoms with Gasteiger partial charge in [-0.25, -0.2) is 26.3 Å². The molecule has 5 rings (SSSR count). The van der Waals surface area contributed by atoms with Gasteiger partial charge in [-0.3, -0.25) is 4.79 Å². The highest BCUT2D eigenvalue weighted by Gasteiger charge is 2.62. The minimum Gasteiger partial charge on any atom is -0.381 e. The van der Waals surface area contributed by atoms with Gasteiger partial charge in [-0.2, -0.15) is 8.78 Å².